The smallest absolute Gasteiger partial charge is 0.177 e. The molecule has 104 valence electrons. The molecule has 2 nitrogen and oxygen atoms in total. The van der Waals surface area contributed by atoms with Gasteiger partial charge in [0.2, 0.25) is 0 Å². The zero-order valence-electron chi connectivity index (χ0n) is 12.2. The highest BCUT2D eigenvalue weighted by Crippen LogP contribution is 2.19. The Morgan fingerprint density at radius 3 is 2.60 bits per heavy atom. The molecule has 0 atom stereocenters. The Kier molecular flexibility index (Phi) is 4.74. The van der Waals surface area contributed by atoms with Gasteiger partial charge in [-0.3, -0.25) is 0 Å². The van der Waals surface area contributed by atoms with Crippen molar-refractivity contribution in [2.45, 2.75) is 20.3 Å². The van der Waals surface area contributed by atoms with Crippen LogP contribution in [0.1, 0.15) is 18.1 Å². The molecule has 0 aliphatic heterocycles. The van der Waals surface area contributed by atoms with Crippen LogP contribution in [0.4, 0.5) is 11.4 Å². The summed E-state index contributed by atoms with van der Waals surface area (Å²) in [5.41, 5.74) is 4.68. The zero-order valence-corrected chi connectivity index (χ0v) is 13.0. The van der Waals surface area contributed by atoms with Crippen molar-refractivity contribution in [3.8, 4) is 0 Å². The van der Waals surface area contributed by atoms with E-state index in [1.807, 2.05) is 24.1 Å². The Labute approximate surface area is 126 Å². The molecule has 0 unspecified atom stereocenters. The van der Waals surface area contributed by atoms with Gasteiger partial charge < -0.3 is 10.2 Å². The maximum atomic E-state index is 5.51. The maximum Gasteiger partial charge on any atom is 0.177 e. The van der Waals surface area contributed by atoms with Gasteiger partial charge in [0.05, 0.1) is 0 Å². The fraction of sp³-hybridized carbons (Fsp3) is 0.235. The normalized spacial score (nSPS) is 10.2. The van der Waals surface area contributed by atoms with Crippen LogP contribution in [0, 0.1) is 6.92 Å². The van der Waals surface area contributed by atoms with Gasteiger partial charge in [-0.1, -0.05) is 37.3 Å². The SMILES string of the molecule is CCc1ccccc1NC(=S)N(C)c1cccc(C)c1. The molecule has 0 spiro atoms. The van der Waals surface area contributed by atoms with Gasteiger partial charge in [0.1, 0.15) is 0 Å². The summed E-state index contributed by atoms with van der Waals surface area (Å²) in [6.07, 6.45) is 0.986. The molecule has 0 aromatic heterocycles. The molecule has 2 aromatic carbocycles. The van der Waals surface area contributed by atoms with Crippen molar-refractivity contribution in [1.82, 2.24) is 0 Å². The van der Waals surface area contributed by atoms with Crippen molar-refractivity contribution in [1.29, 1.82) is 0 Å². The highest BCUT2D eigenvalue weighted by atomic mass is 32.1. The lowest BCUT2D eigenvalue weighted by Gasteiger charge is -2.22. The topological polar surface area (TPSA) is 15.3 Å². The number of para-hydroxylation sites is 1. The number of hydrogen-bond acceptors (Lipinski definition) is 1. The van der Waals surface area contributed by atoms with Gasteiger partial charge in [-0.2, -0.15) is 0 Å². The van der Waals surface area contributed by atoms with Gasteiger partial charge in [-0.15, -0.1) is 0 Å². The number of aryl methyl sites for hydroxylation is 2. The van der Waals surface area contributed by atoms with Crippen LogP contribution in [0.5, 0.6) is 0 Å². The predicted molar refractivity (Wildman–Crippen MR) is 91.6 cm³/mol. The van der Waals surface area contributed by atoms with Crippen LogP contribution in [-0.4, -0.2) is 12.2 Å². The van der Waals surface area contributed by atoms with Crippen molar-refractivity contribution in [3.63, 3.8) is 0 Å². The molecule has 3 heteroatoms. The minimum absolute atomic E-state index is 0.705. The molecule has 0 fully saturated rings. The third-order valence-electron chi connectivity index (χ3n) is 3.33. The lowest BCUT2D eigenvalue weighted by Crippen LogP contribution is -2.31. The number of benzene rings is 2. The van der Waals surface area contributed by atoms with Crippen LogP contribution in [0.3, 0.4) is 0 Å². The van der Waals surface area contributed by atoms with Gasteiger partial charge in [-0.25, -0.2) is 0 Å². The van der Waals surface area contributed by atoms with Crippen molar-refractivity contribution in [3.05, 3.63) is 59.7 Å². The molecule has 20 heavy (non-hydrogen) atoms. The molecule has 0 aliphatic carbocycles. The summed E-state index contributed by atoms with van der Waals surface area (Å²) in [5, 5.41) is 4.04. The first-order valence-corrected chi connectivity index (χ1v) is 7.22. The minimum atomic E-state index is 0.705. The highest BCUT2D eigenvalue weighted by Gasteiger charge is 2.08. The van der Waals surface area contributed by atoms with E-state index in [1.54, 1.807) is 0 Å². The average Bonchev–Trinajstić information content (AvgIpc) is 2.47. The van der Waals surface area contributed by atoms with E-state index in [1.165, 1.54) is 11.1 Å². The van der Waals surface area contributed by atoms with Crippen molar-refractivity contribution in [2.75, 3.05) is 17.3 Å². The molecular weight excluding hydrogens is 264 g/mol. The van der Waals surface area contributed by atoms with Crippen LogP contribution in [0.25, 0.3) is 0 Å². The second-order valence-corrected chi connectivity index (χ2v) is 5.23. The molecule has 0 heterocycles. The van der Waals surface area contributed by atoms with E-state index < -0.39 is 0 Å². The van der Waals surface area contributed by atoms with Gasteiger partial charge in [-0.05, 0) is 54.9 Å². The van der Waals surface area contributed by atoms with Crippen LogP contribution < -0.4 is 10.2 Å². The fourth-order valence-electron chi connectivity index (χ4n) is 2.10. The lowest BCUT2D eigenvalue weighted by molar-refractivity contribution is 1.14. The number of rotatable bonds is 3. The molecule has 0 radical (unpaired) electrons. The van der Waals surface area contributed by atoms with Crippen LogP contribution in [-0.2, 0) is 6.42 Å². The highest BCUT2D eigenvalue weighted by molar-refractivity contribution is 7.80. The standard InChI is InChI=1S/C17H20N2S/c1-4-14-9-5-6-11-16(14)18-17(20)19(3)15-10-7-8-13(2)12-15/h5-12H,4H2,1-3H3,(H,18,20). The van der Waals surface area contributed by atoms with Crippen molar-refractivity contribution in [2.24, 2.45) is 0 Å². The Bertz CT molecular complexity index is 607. The molecule has 0 bridgehead atoms. The predicted octanol–water partition coefficient (Wildman–Crippen LogP) is 4.39. The molecule has 2 rings (SSSR count). The second-order valence-electron chi connectivity index (χ2n) is 4.84. The quantitative estimate of drug-likeness (QED) is 0.842. The number of anilines is 2. The fourth-order valence-corrected chi connectivity index (χ4v) is 2.32. The summed E-state index contributed by atoms with van der Waals surface area (Å²) in [7, 11) is 1.98. The van der Waals surface area contributed by atoms with Crippen molar-refractivity contribution >= 4 is 28.7 Å². The summed E-state index contributed by atoms with van der Waals surface area (Å²) in [6.45, 7) is 4.23. The van der Waals surface area contributed by atoms with E-state index in [9.17, 15) is 0 Å². The zero-order chi connectivity index (χ0) is 14.5. The Morgan fingerprint density at radius 2 is 1.90 bits per heavy atom. The van der Waals surface area contributed by atoms with E-state index in [4.69, 9.17) is 12.2 Å². The van der Waals surface area contributed by atoms with E-state index in [0.29, 0.717) is 5.11 Å². The molecule has 0 aliphatic rings. The maximum absolute atomic E-state index is 5.51. The summed E-state index contributed by atoms with van der Waals surface area (Å²) in [6, 6.07) is 16.6. The minimum Gasteiger partial charge on any atom is -0.332 e. The Hall–Kier alpha value is -1.87. The number of nitrogens with zero attached hydrogens (tertiary/aromatic N) is 1. The summed E-state index contributed by atoms with van der Waals surface area (Å²) in [5.74, 6) is 0. The van der Waals surface area contributed by atoms with Gasteiger partial charge in [0, 0.05) is 18.4 Å². The van der Waals surface area contributed by atoms with E-state index in [-0.39, 0.29) is 0 Å². The Morgan fingerprint density at radius 1 is 1.15 bits per heavy atom. The third-order valence-corrected chi connectivity index (χ3v) is 3.71. The summed E-state index contributed by atoms with van der Waals surface area (Å²) < 4.78 is 0. The van der Waals surface area contributed by atoms with Crippen LogP contribution in [0.2, 0.25) is 0 Å². The summed E-state index contributed by atoms with van der Waals surface area (Å²) >= 11 is 5.51. The Balaban J connectivity index is 2.15. The number of hydrogen-bond donors (Lipinski definition) is 1. The molecule has 2 aromatic rings. The third kappa shape index (κ3) is 3.36. The first-order chi connectivity index (χ1) is 9.61. The lowest BCUT2D eigenvalue weighted by atomic mass is 10.1. The van der Waals surface area contributed by atoms with Crippen molar-refractivity contribution < 1.29 is 0 Å². The largest absolute Gasteiger partial charge is 0.332 e. The summed E-state index contributed by atoms with van der Waals surface area (Å²) in [4.78, 5) is 1.99. The van der Waals surface area contributed by atoms with E-state index >= 15 is 0 Å². The molecule has 1 N–H and O–H groups in total. The van der Waals surface area contributed by atoms with Gasteiger partial charge in [0.15, 0.2) is 5.11 Å². The van der Waals surface area contributed by atoms with E-state index in [0.717, 1.165) is 17.8 Å². The van der Waals surface area contributed by atoms with Crippen LogP contribution in [0.15, 0.2) is 48.5 Å². The monoisotopic (exact) mass is 284 g/mol. The van der Waals surface area contributed by atoms with Gasteiger partial charge >= 0.3 is 0 Å². The molecular formula is C17H20N2S. The average molecular weight is 284 g/mol. The molecule has 0 amide bonds. The number of thiocarbonyl (C=S) groups is 1. The van der Waals surface area contributed by atoms with E-state index in [2.05, 4.69) is 55.6 Å². The molecule has 0 saturated carbocycles. The first kappa shape index (κ1) is 14.5. The van der Waals surface area contributed by atoms with Crippen LogP contribution >= 0.6 is 12.2 Å². The first-order valence-electron chi connectivity index (χ1n) is 6.81. The van der Waals surface area contributed by atoms with Gasteiger partial charge in [0.25, 0.3) is 0 Å². The number of nitrogens with one attached hydrogen (secondary N) is 1. The molecule has 0 saturated heterocycles. The second kappa shape index (κ2) is 6.53.